The molecule has 1 aliphatic heterocycles. The Labute approximate surface area is 207 Å². The van der Waals surface area contributed by atoms with Crippen LogP contribution in [0.5, 0.6) is 0 Å². The predicted octanol–water partition coefficient (Wildman–Crippen LogP) is 1.29. The van der Waals surface area contributed by atoms with Crippen LogP contribution in [-0.4, -0.2) is 53.5 Å². The van der Waals surface area contributed by atoms with Gasteiger partial charge in [-0.3, -0.25) is 19.5 Å². The molecular formula is C24H28ClFN6O3. The van der Waals surface area contributed by atoms with Crippen molar-refractivity contribution in [1.29, 1.82) is 0 Å². The van der Waals surface area contributed by atoms with Crippen LogP contribution in [0.1, 0.15) is 29.2 Å². The van der Waals surface area contributed by atoms with Gasteiger partial charge in [-0.2, -0.15) is 0 Å². The molecule has 1 heterocycles. The number of nitrogens with two attached hydrogens (primary N) is 2. The Balaban J connectivity index is 1.48. The van der Waals surface area contributed by atoms with Crippen molar-refractivity contribution in [3.05, 3.63) is 63.9 Å². The van der Waals surface area contributed by atoms with Crippen LogP contribution < -0.4 is 22.1 Å². The summed E-state index contributed by atoms with van der Waals surface area (Å²) in [5, 5.41) is 14.9. The molecule has 0 spiro atoms. The van der Waals surface area contributed by atoms with Crippen molar-refractivity contribution in [2.45, 2.75) is 31.5 Å². The fourth-order valence-electron chi connectivity index (χ4n) is 4.66. The minimum atomic E-state index is -0.926. The van der Waals surface area contributed by atoms with E-state index in [9.17, 15) is 19.1 Å². The van der Waals surface area contributed by atoms with Crippen LogP contribution in [0.25, 0.3) is 0 Å². The van der Waals surface area contributed by atoms with Gasteiger partial charge in [0.05, 0.1) is 17.2 Å². The molecule has 0 bridgehead atoms. The number of guanidine groups is 1. The standard InChI is InChI=1S/C24H28ClFN6O3/c25-19-4-2-16(9-20(19)26)30-22(34)23(35)31-21-15(10-29-24(27)28)8-14-7-13(1-3-18(14)21)11-32-6-5-17(33)12-32/h1-4,7,9,15,17,21,33H,5-6,8,10-12H2,(H,30,34)(H,31,35)(H4,27,28,29)/t15-,17+,21-/m1/s1. The predicted molar refractivity (Wildman–Crippen MR) is 131 cm³/mol. The number of amides is 2. The lowest BCUT2D eigenvalue weighted by molar-refractivity contribution is -0.136. The molecular weight excluding hydrogens is 475 g/mol. The van der Waals surface area contributed by atoms with Crippen molar-refractivity contribution < 1.29 is 19.1 Å². The van der Waals surface area contributed by atoms with Gasteiger partial charge in [-0.1, -0.05) is 29.8 Å². The van der Waals surface area contributed by atoms with Crippen LogP contribution >= 0.6 is 11.6 Å². The monoisotopic (exact) mass is 502 g/mol. The number of benzene rings is 2. The molecule has 3 atom stereocenters. The van der Waals surface area contributed by atoms with Crippen LogP contribution in [0.2, 0.25) is 5.02 Å². The molecule has 1 saturated heterocycles. The van der Waals surface area contributed by atoms with Crippen LogP contribution in [0.4, 0.5) is 10.1 Å². The zero-order valence-corrected chi connectivity index (χ0v) is 19.8. The summed E-state index contributed by atoms with van der Waals surface area (Å²) in [5.74, 6) is -2.69. The van der Waals surface area contributed by atoms with E-state index in [0.29, 0.717) is 13.0 Å². The van der Waals surface area contributed by atoms with Gasteiger partial charge in [0.1, 0.15) is 5.82 Å². The number of rotatable bonds is 6. The smallest absolute Gasteiger partial charge is 0.313 e. The largest absolute Gasteiger partial charge is 0.392 e. The molecule has 1 aliphatic carbocycles. The first-order chi connectivity index (χ1) is 16.7. The van der Waals surface area contributed by atoms with Gasteiger partial charge >= 0.3 is 11.8 Å². The van der Waals surface area contributed by atoms with Gasteiger partial charge in [0, 0.05) is 37.8 Å². The number of likely N-dealkylation sites (tertiary alicyclic amines) is 1. The number of aliphatic imine (C=N–C) groups is 1. The molecule has 0 unspecified atom stereocenters. The van der Waals surface area contributed by atoms with Crippen molar-refractivity contribution in [1.82, 2.24) is 10.2 Å². The highest BCUT2D eigenvalue weighted by Gasteiger charge is 2.35. The summed E-state index contributed by atoms with van der Waals surface area (Å²) in [7, 11) is 0. The average Bonchev–Trinajstić information content (AvgIpc) is 3.37. The summed E-state index contributed by atoms with van der Waals surface area (Å²) in [5.41, 5.74) is 14.2. The third kappa shape index (κ3) is 6.08. The molecule has 35 heavy (non-hydrogen) atoms. The molecule has 1 fully saturated rings. The SMILES string of the molecule is NC(N)=NC[C@H]1Cc2cc(CN3CC[C@H](O)C3)ccc2[C@@H]1NC(=O)C(=O)Nc1ccc(Cl)c(F)c1. The molecule has 2 aromatic carbocycles. The number of carbonyl (C=O) groups is 2. The molecule has 186 valence electrons. The first kappa shape index (κ1) is 24.9. The summed E-state index contributed by atoms with van der Waals surface area (Å²) in [6, 6.07) is 9.29. The zero-order valence-electron chi connectivity index (χ0n) is 19.0. The highest BCUT2D eigenvalue weighted by Crippen LogP contribution is 2.37. The molecule has 0 aromatic heterocycles. The molecule has 0 radical (unpaired) electrons. The molecule has 7 N–H and O–H groups in total. The third-order valence-electron chi connectivity index (χ3n) is 6.33. The number of aliphatic hydroxyl groups excluding tert-OH is 1. The lowest BCUT2D eigenvalue weighted by Crippen LogP contribution is -2.40. The van der Waals surface area contributed by atoms with Gasteiger partial charge < -0.3 is 27.2 Å². The Morgan fingerprint density at radius 2 is 2.00 bits per heavy atom. The number of carbonyl (C=O) groups excluding carboxylic acids is 2. The summed E-state index contributed by atoms with van der Waals surface area (Å²) in [4.78, 5) is 31.5. The van der Waals surface area contributed by atoms with E-state index in [-0.39, 0.29) is 35.2 Å². The van der Waals surface area contributed by atoms with Crippen molar-refractivity contribution in [3.63, 3.8) is 0 Å². The van der Waals surface area contributed by atoms with Crippen LogP contribution in [0.15, 0.2) is 41.4 Å². The van der Waals surface area contributed by atoms with E-state index in [1.165, 1.54) is 12.1 Å². The van der Waals surface area contributed by atoms with Gasteiger partial charge in [-0.15, -0.1) is 0 Å². The number of hydrogen-bond donors (Lipinski definition) is 5. The van der Waals surface area contributed by atoms with Crippen LogP contribution in [0, 0.1) is 11.7 Å². The summed E-state index contributed by atoms with van der Waals surface area (Å²) >= 11 is 5.66. The molecule has 2 amide bonds. The van der Waals surface area contributed by atoms with Crippen LogP contribution in [-0.2, 0) is 22.6 Å². The first-order valence-corrected chi connectivity index (χ1v) is 11.7. The number of β-amino-alcohol motifs (C(OH)–C–C–N with tert-alkyl or cyclic N) is 1. The van der Waals surface area contributed by atoms with Gasteiger partial charge in [0.15, 0.2) is 5.96 Å². The number of nitrogens with one attached hydrogen (secondary N) is 2. The van der Waals surface area contributed by atoms with E-state index in [2.05, 4.69) is 26.6 Å². The Morgan fingerprint density at radius 3 is 2.69 bits per heavy atom. The maximum absolute atomic E-state index is 13.7. The van der Waals surface area contributed by atoms with Gasteiger partial charge in [0.2, 0.25) is 0 Å². The van der Waals surface area contributed by atoms with Gasteiger partial charge in [-0.25, -0.2) is 4.39 Å². The minimum absolute atomic E-state index is 0.0539. The van der Waals surface area contributed by atoms with E-state index < -0.39 is 23.7 Å². The third-order valence-corrected chi connectivity index (χ3v) is 6.63. The van der Waals surface area contributed by atoms with Gasteiger partial charge in [-0.05, 0) is 47.7 Å². The lowest BCUT2D eigenvalue weighted by Gasteiger charge is -2.21. The fourth-order valence-corrected chi connectivity index (χ4v) is 4.78. The maximum atomic E-state index is 13.7. The second-order valence-electron chi connectivity index (χ2n) is 8.97. The van der Waals surface area contributed by atoms with Crippen molar-refractivity contribution in [2.24, 2.45) is 22.4 Å². The van der Waals surface area contributed by atoms with E-state index in [1.54, 1.807) is 0 Å². The Bertz CT molecular complexity index is 1160. The van der Waals surface area contributed by atoms with Crippen molar-refractivity contribution in [3.8, 4) is 0 Å². The average molecular weight is 503 g/mol. The number of fused-ring (bicyclic) bond motifs is 1. The summed E-state index contributed by atoms with van der Waals surface area (Å²) in [6.07, 6.45) is 1.10. The maximum Gasteiger partial charge on any atom is 0.313 e. The van der Waals surface area contributed by atoms with E-state index in [0.717, 1.165) is 42.3 Å². The molecule has 2 aromatic rings. The lowest BCUT2D eigenvalue weighted by atomic mass is 10.0. The first-order valence-electron chi connectivity index (χ1n) is 11.3. The molecule has 2 aliphatic rings. The van der Waals surface area contributed by atoms with E-state index in [4.69, 9.17) is 23.1 Å². The van der Waals surface area contributed by atoms with E-state index in [1.807, 2.05) is 12.1 Å². The molecule has 4 rings (SSSR count). The van der Waals surface area contributed by atoms with Crippen LogP contribution in [0.3, 0.4) is 0 Å². The molecule has 0 saturated carbocycles. The van der Waals surface area contributed by atoms with Gasteiger partial charge in [0.25, 0.3) is 0 Å². The second-order valence-corrected chi connectivity index (χ2v) is 9.38. The number of nitrogens with zero attached hydrogens (tertiary/aromatic N) is 2. The number of anilines is 1. The summed E-state index contributed by atoms with van der Waals surface area (Å²) < 4.78 is 13.7. The van der Waals surface area contributed by atoms with Crippen molar-refractivity contribution >= 4 is 35.1 Å². The quantitative estimate of drug-likeness (QED) is 0.228. The minimum Gasteiger partial charge on any atom is -0.392 e. The number of aliphatic hydroxyl groups is 1. The Morgan fingerprint density at radius 1 is 1.20 bits per heavy atom. The topological polar surface area (TPSA) is 146 Å². The highest BCUT2D eigenvalue weighted by molar-refractivity contribution is 6.39. The fraction of sp³-hybridized carbons (Fsp3) is 0.375. The molecule has 9 nitrogen and oxygen atoms in total. The van der Waals surface area contributed by atoms with Crippen molar-refractivity contribution in [2.75, 3.05) is 25.0 Å². The van der Waals surface area contributed by atoms with E-state index >= 15 is 0 Å². The zero-order chi connectivity index (χ0) is 25.1. The second kappa shape index (κ2) is 10.6. The molecule has 11 heteroatoms. The number of hydrogen-bond acceptors (Lipinski definition) is 5. The highest BCUT2D eigenvalue weighted by atomic mass is 35.5. The number of halogens is 2. The normalized spacial score (nSPS) is 21.4. The Hall–Kier alpha value is -3.21. The Kier molecular flexibility index (Phi) is 7.54. The summed E-state index contributed by atoms with van der Waals surface area (Å²) in [6.45, 7) is 2.49.